The summed E-state index contributed by atoms with van der Waals surface area (Å²) in [5, 5.41) is 7.23. The number of amides is 1. The minimum absolute atomic E-state index is 0.0148. The van der Waals surface area contributed by atoms with E-state index in [1.54, 1.807) is 24.3 Å². The maximum Gasteiger partial charge on any atom is 0.260 e. The average molecular weight is 401 g/mol. The highest BCUT2D eigenvalue weighted by molar-refractivity contribution is 7.90. The van der Waals surface area contributed by atoms with E-state index in [4.69, 9.17) is 4.99 Å². The molecule has 4 rings (SSSR count). The Morgan fingerprint density at radius 1 is 1.18 bits per heavy atom. The fraction of sp³-hybridized carbons (Fsp3) is 0.450. The van der Waals surface area contributed by atoms with Gasteiger partial charge in [-0.2, -0.15) is 5.10 Å². The molecule has 1 amide bonds. The van der Waals surface area contributed by atoms with Gasteiger partial charge in [0.2, 0.25) is 0 Å². The van der Waals surface area contributed by atoms with Crippen LogP contribution in [0.3, 0.4) is 0 Å². The first-order valence-corrected chi connectivity index (χ1v) is 11.5. The van der Waals surface area contributed by atoms with Crippen LogP contribution in [0.15, 0.2) is 34.2 Å². The molecule has 28 heavy (non-hydrogen) atoms. The first-order chi connectivity index (χ1) is 13.4. The predicted octanol–water partition coefficient (Wildman–Crippen LogP) is 2.89. The number of hydrogen-bond acceptors (Lipinski definition) is 5. The van der Waals surface area contributed by atoms with Crippen molar-refractivity contribution in [1.82, 2.24) is 15.1 Å². The Balaban J connectivity index is 1.78. The third-order valence-electron chi connectivity index (χ3n) is 5.59. The normalized spacial score (nSPS) is 18.1. The molecule has 0 spiro atoms. The highest BCUT2D eigenvalue weighted by Gasteiger charge is 2.34. The minimum Gasteiger partial charge on any atom is -0.330 e. The Morgan fingerprint density at radius 3 is 2.46 bits per heavy atom. The Hall–Kier alpha value is -2.48. The maximum absolute atomic E-state index is 13.3. The van der Waals surface area contributed by atoms with E-state index in [1.807, 2.05) is 11.8 Å². The van der Waals surface area contributed by atoms with Gasteiger partial charge in [0, 0.05) is 12.3 Å². The molecule has 2 heterocycles. The molecule has 1 saturated carbocycles. The zero-order valence-corrected chi connectivity index (χ0v) is 16.9. The monoisotopic (exact) mass is 400 g/mol. The summed E-state index contributed by atoms with van der Waals surface area (Å²) in [6.07, 6.45) is 6.13. The molecule has 0 saturated heterocycles. The number of carbonyl (C=O) groups excluding carboxylic acids is 1. The smallest absolute Gasteiger partial charge is 0.260 e. The molecule has 1 aliphatic carbocycles. The summed E-state index contributed by atoms with van der Waals surface area (Å²) in [6.45, 7) is 2.39. The van der Waals surface area contributed by atoms with Gasteiger partial charge in [-0.3, -0.25) is 9.89 Å². The molecular formula is C20H24N4O3S. The summed E-state index contributed by atoms with van der Waals surface area (Å²) in [4.78, 5) is 20.2. The molecule has 1 aromatic carbocycles. The molecule has 1 fully saturated rings. The van der Waals surface area contributed by atoms with Gasteiger partial charge in [-0.15, -0.1) is 0 Å². The van der Waals surface area contributed by atoms with Crippen molar-refractivity contribution in [1.29, 1.82) is 0 Å². The largest absolute Gasteiger partial charge is 0.330 e. The van der Waals surface area contributed by atoms with E-state index in [0.717, 1.165) is 42.7 Å². The molecule has 148 valence electrons. The number of nitrogens with one attached hydrogen (secondary N) is 1. The van der Waals surface area contributed by atoms with Gasteiger partial charge in [0.25, 0.3) is 5.91 Å². The van der Waals surface area contributed by atoms with Crippen molar-refractivity contribution in [3.63, 3.8) is 0 Å². The molecule has 2 aromatic rings. The van der Waals surface area contributed by atoms with Gasteiger partial charge in [0.15, 0.2) is 15.7 Å². The van der Waals surface area contributed by atoms with E-state index < -0.39 is 9.84 Å². The predicted molar refractivity (Wildman–Crippen MR) is 107 cm³/mol. The summed E-state index contributed by atoms with van der Waals surface area (Å²) in [5.74, 6) is 0.406. The number of aliphatic imine (C=N–C) groups is 1. The molecule has 0 unspecified atom stereocenters. The number of benzene rings is 1. The van der Waals surface area contributed by atoms with Crippen molar-refractivity contribution in [3.8, 4) is 0 Å². The fourth-order valence-electron chi connectivity index (χ4n) is 4.03. The van der Waals surface area contributed by atoms with Crippen molar-refractivity contribution >= 4 is 27.3 Å². The zero-order valence-electron chi connectivity index (χ0n) is 16.1. The lowest BCUT2D eigenvalue weighted by molar-refractivity contribution is 0.0716. The van der Waals surface area contributed by atoms with Crippen LogP contribution in [-0.4, -0.2) is 54.0 Å². The van der Waals surface area contributed by atoms with Crippen molar-refractivity contribution in [2.45, 2.75) is 50.0 Å². The highest BCUT2D eigenvalue weighted by atomic mass is 32.2. The molecular weight excluding hydrogens is 376 g/mol. The van der Waals surface area contributed by atoms with Gasteiger partial charge < -0.3 is 4.90 Å². The number of fused-ring (bicyclic) bond motifs is 1. The maximum atomic E-state index is 13.3. The molecule has 2 aliphatic rings. The van der Waals surface area contributed by atoms with E-state index in [-0.39, 0.29) is 16.8 Å². The van der Waals surface area contributed by atoms with Gasteiger partial charge in [-0.05, 0) is 37.0 Å². The van der Waals surface area contributed by atoms with Crippen molar-refractivity contribution in [2.24, 2.45) is 4.99 Å². The molecule has 1 aliphatic heterocycles. The second kappa shape index (κ2) is 7.16. The van der Waals surface area contributed by atoms with Crippen molar-refractivity contribution < 1.29 is 13.2 Å². The molecule has 8 heteroatoms. The molecule has 1 N–H and O–H groups in total. The summed E-state index contributed by atoms with van der Waals surface area (Å²) in [5.41, 5.74) is 2.91. The quantitative estimate of drug-likeness (QED) is 0.854. The second-order valence-electron chi connectivity index (χ2n) is 7.48. The number of carbonyl (C=O) groups is 1. The number of aromatic amines is 1. The van der Waals surface area contributed by atoms with E-state index >= 15 is 0 Å². The van der Waals surface area contributed by atoms with Crippen molar-refractivity contribution in [3.05, 3.63) is 41.1 Å². The van der Waals surface area contributed by atoms with Crippen LogP contribution in [0.5, 0.6) is 0 Å². The van der Waals surface area contributed by atoms with Crippen LogP contribution in [0.25, 0.3) is 0 Å². The number of aryl methyl sites for hydroxylation is 1. The van der Waals surface area contributed by atoms with Gasteiger partial charge in [0.1, 0.15) is 5.56 Å². The van der Waals surface area contributed by atoms with E-state index in [2.05, 4.69) is 10.2 Å². The number of hydrogen-bond donors (Lipinski definition) is 1. The molecule has 0 atom stereocenters. The molecule has 0 radical (unpaired) electrons. The van der Waals surface area contributed by atoms with E-state index in [9.17, 15) is 13.2 Å². The topological polar surface area (TPSA) is 95.5 Å². The van der Waals surface area contributed by atoms with Crippen LogP contribution in [0.2, 0.25) is 0 Å². The molecule has 7 nitrogen and oxygen atoms in total. The number of sulfone groups is 1. The lowest BCUT2D eigenvalue weighted by Gasteiger charge is -2.28. The van der Waals surface area contributed by atoms with Crippen LogP contribution < -0.4 is 0 Å². The SMILES string of the molecule is CCc1[nH]nc2c1C(=O)N(C1CCCC1)CC(c1ccc(S(C)(=O)=O)cc1)=N2. The summed E-state index contributed by atoms with van der Waals surface area (Å²) >= 11 is 0. The molecule has 1 aromatic heterocycles. The zero-order chi connectivity index (χ0) is 19.9. The second-order valence-corrected chi connectivity index (χ2v) is 9.50. The highest BCUT2D eigenvalue weighted by Crippen LogP contribution is 2.31. The number of rotatable bonds is 4. The number of nitrogens with zero attached hydrogens (tertiary/aromatic N) is 3. The van der Waals surface area contributed by atoms with Gasteiger partial charge in [-0.25, -0.2) is 13.4 Å². The third-order valence-corrected chi connectivity index (χ3v) is 6.72. The summed E-state index contributed by atoms with van der Waals surface area (Å²) < 4.78 is 23.5. The van der Waals surface area contributed by atoms with Gasteiger partial charge in [0.05, 0.1) is 22.8 Å². The van der Waals surface area contributed by atoms with Gasteiger partial charge in [-0.1, -0.05) is 31.9 Å². The number of aromatic nitrogens is 2. The van der Waals surface area contributed by atoms with Crippen LogP contribution in [-0.2, 0) is 16.3 Å². The van der Waals surface area contributed by atoms with Crippen molar-refractivity contribution in [2.75, 3.05) is 12.8 Å². The van der Waals surface area contributed by atoms with Gasteiger partial charge >= 0.3 is 0 Å². The van der Waals surface area contributed by atoms with Crippen LogP contribution in [0, 0.1) is 0 Å². The molecule has 0 bridgehead atoms. The standard InChI is InChI=1S/C20H24N4O3S/c1-3-16-18-19(23-22-16)21-17(12-24(20(18)25)14-6-4-5-7-14)13-8-10-15(11-9-13)28(2,26)27/h8-11,14H,3-7,12H2,1-2H3,(H,22,23). The summed E-state index contributed by atoms with van der Waals surface area (Å²) in [7, 11) is -3.26. The first kappa shape index (κ1) is 18.9. The fourth-order valence-corrected chi connectivity index (χ4v) is 4.66. The average Bonchev–Trinajstić information content (AvgIpc) is 3.31. The van der Waals surface area contributed by atoms with Crippen LogP contribution >= 0.6 is 0 Å². The lowest BCUT2D eigenvalue weighted by Crippen LogP contribution is -2.41. The van der Waals surface area contributed by atoms with Crippen LogP contribution in [0.1, 0.15) is 54.2 Å². The lowest BCUT2D eigenvalue weighted by atomic mass is 10.1. The summed E-state index contributed by atoms with van der Waals surface area (Å²) in [6, 6.07) is 6.89. The van der Waals surface area contributed by atoms with E-state index in [1.165, 1.54) is 6.26 Å². The van der Waals surface area contributed by atoms with E-state index in [0.29, 0.717) is 24.3 Å². The Bertz CT molecular complexity index is 1030. The Morgan fingerprint density at radius 2 is 1.86 bits per heavy atom. The third kappa shape index (κ3) is 3.37. The number of H-pyrrole nitrogens is 1. The first-order valence-electron chi connectivity index (χ1n) is 9.64. The Kier molecular flexibility index (Phi) is 4.82. The van der Waals surface area contributed by atoms with Crippen LogP contribution in [0.4, 0.5) is 5.82 Å². The Labute approximate surface area is 164 Å². The minimum atomic E-state index is -3.26.